The van der Waals surface area contributed by atoms with Gasteiger partial charge in [0.05, 0.1) is 13.2 Å². The molecule has 2 fully saturated rings. The number of piperidine rings is 1. The minimum atomic E-state index is -2.24. The van der Waals surface area contributed by atoms with Crippen LogP contribution in [-0.4, -0.2) is 69.8 Å². The molecular formula is C15H29F2IN4O. The van der Waals surface area contributed by atoms with Crippen LogP contribution >= 0.6 is 24.0 Å². The second-order valence-electron chi connectivity index (χ2n) is 6.13. The van der Waals surface area contributed by atoms with E-state index in [0.717, 1.165) is 37.9 Å². The number of rotatable bonds is 8. The molecule has 0 radical (unpaired) electrons. The van der Waals surface area contributed by atoms with E-state index in [9.17, 15) is 8.78 Å². The summed E-state index contributed by atoms with van der Waals surface area (Å²) in [6, 6.07) is 0.299. The highest BCUT2D eigenvalue weighted by Gasteiger charge is 2.22. The zero-order chi connectivity index (χ0) is 15.8. The van der Waals surface area contributed by atoms with Crippen LogP contribution in [0.2, 0.25) is 0 Å². The van der Waals surface area contributed by atoms with Gasteiger partial charge in [0.15, 0.2) is 5.96 Å². The maximum Gasteiger partial charge on any atom is 0.251 e. The van der Waals surface area contributed by atoms with Gasteiger partial charge in [0, 0.05) is 39.3 Å². The molecule has 5 nitrogen and oxygen atoms in total. The third-order valence-electron chi connectivity index (χ3n) is 4.14. The molecule has 0 aromatic rings. The van der Waals surface area contributed by atoms with Crippen molar-refractivity contribution in [1.29, 1.82) is 0 Å². The number of alkyl halides is 2. The number of hydrogen-bond donors (Lipinski definition) is 2. The lowest BCUT2D eigenvalue weighted by Gasteiger charge is -2.32. The monoisotopic (exact) mass is 446 g/mol. The standard InChI is InChI=1S/C15H28F2N4O.HI/c1-18-15(19-6-9-22-11-12-2-3-12)20-13-4-7-21(8-5-13)10-14(16)17;/h12-14H,2-11H2,1H3,(H2,18,19,20);1H. The Balaban J connectivity index is 0.00000264. The summed E-state index contributed by atoms with van der Waals surface area (Å²) in [5, 5.41) is 6.60. The zero-order valence-corrected chi connectivity index (χ0v) is 16.1. The average Bonchev–Trinajstić information content (AvgIpc) is 3.31. The predicted octanol–water partition coefficient (Wildman–Crippen LogP) is 1.93. The van der Waals surface area contributed by atoms with Crippen LogP contribution in [0.3, 0.4) is 0 Å². The fraction of sp³-hybridized carbons (Fsp3) is 0.933. The molecule has 2 rings (SSSR count). The van der Waals surface area contributed by atoms with Gasteiger partial charge in [0.1, 0.15) is 0 Å². The molecule has 0 spiro atoms. The van der Waals surface area contributed by atoms with E-state index in [0.29, 0.717) is 25.7 Å². The third kappa shape index (κ3) is 8.99. The third-order valence-corrected chi connectivity index (χ3v) is 4.14. The van der Waals surface area contributed by atoms with Crippen molar-refractivity contribution in [2.45, 2.75) is 38.2 Å². The summed E-state index contributed by atoms with van der Waals surface area (Å²) in [5.74, 6) is 1.55. The Morgan fingerprint density at radius 2 is 1.96 bits per heavy atom. The first kappa shape index (κ1) is 20.8. The summed E-state index contributed by atoms with van der Waals surface area (Å²) in [4.78, 5) is 6.02. The van der Waals surface area contributed by atoms with Gasteiger partial charge in [-0.1, -0.05) is 0 Å². The molecule has 0 atom stereocenters. The van der Waals surface area contributed by atoms with Gasteiger partial charge in [0.2, 0.25) is 0 Å². The van der Waals surface area contributed by atoms with Gasteiger partial charge < -0.3 is 15.4 Å². The summed E-state index contributed by atoms with van der Waals surface area (Å²) in [6.45, 7) is 3.60. The number of ether oxygens (including phenoxy) is 1. The second kappa shape index (κ2) is 11.4. The highest BCUT2D eigenvalue weighted by atomic mass is 127. The molecule has 2 aliphatic rings. The first-order valence-electron chi connectivity index (χ1n) is 8.23. The van der Waals surface area contributed by atoms with Crippen molar-refractivity contribution in [3.8, 4) is 0 Å². The minimum absolute atomic E-state index is 0. The van der Waals surface area contributed by atoms with Crippen molar-refractivity contribution in [2.24, 2.45) is 10.9 Å². The normalized spacial score (nSPS) is 20.4. The summed E-state index contributed by atoms with van der Waals surface area (Å²) >= 11 is 0. The van der Waals surface area contributed by atoms with Crippen LogP contribution in [-0.2, 0) is 4.74 Å². The Hall–Kier alpha value is -0.220. The van der Waals surface area contributed by atoms with Gasteiger partial charge in [-0.05, 0) is 31.6 Å². The molecule has 2 N–H and O–H groups in total. The van der Waals surface area contributed by atoms with E-state index in [1.807, 2.05) is 4.90 Å². The molecule has 1 heterocycles. The molecule has 1 aliphatic carbocycles. The number of aliphatic imine (C=N–C) groups is 1. The topological polar surface area (TPSA) is 48.9 Å². The SMILES string of the molecule is CN=C(NCCOCC1CC1)NC1CCN(CC(F)F)CC1.I. The van der Waals surface area contributed by atoms with Crippen molar-refractivity contribution in [3.63, 3.8) is 0 Å². The van der Waals surface area contributed by atoms with Crippen molar-refractivity contribution in [1.82, 2.24) is 15.5 Å². The maximum atomic E-state index is 12.3. The Labute approximate surface area is 154 Å². The Morgan fingerprint density at radius 1 is 1.26 bits per heavy atom. The summed E-state index contributed by atoms with van der Waals surface area (Å²) in [6.07, 6.45) is 2.11. The zero-order valence-electron chi connectivity index (χ0n) is 13.8. The molecule has 136 valence electrons. The van der Waals surface area contributed by atoms with Crippen LogP contribution < -0.4 is 10.6 Å². The highest BCUT2D eigenvalue weighted by Crippen LogP contribution is 2.28. The lowest BCUT2D eigenvalue weighted by Crippen LogP contribution is -2.49. The van der Waals surface area contributed by atoms with E-state index >= 15 is 0 Å². The predicted molar refractivity (Wildman–Crippen MR) is 98.9 cm³/mol. The van der Waals surface area contributed by atoms with Gasteiger partial charge in [-0.2, -0.15) is 0 Å². The van der Waals surface area contributed by atoms with Gasteiger partial charge in [-0.15, -0.1) is 24.0 Å². The Kier molecular flexibility index (Phi) is 10.3. The van der Waals surface area contributed by atoms with E-state index in [4.69, 9.17) is 4.74 Å². The number of nitrogens with zero attached hydrogens (tertiary/aromatic N) is 2. The van der Waals surface area contributed by atoms with Crippen LogP contribution in [0.15, 0.2) is 4.99 Å². The number of guanidine groups is 1. The molecular weight excluding hydrogens is 417 g/mol. The molecule has 0 unspecified atom stereocenters. The molecule has 0 amide bonds. The summed E-state index contributed by atoms with van der Waals surface area (Å²) < 4.78 is 30.2. The molecule has 0 aromatic carbocycles. The van der Waals surface area contributed by atoms with Crippen molar-refractivity contribution in [3.05, 3.63) is 0 Å². The molecule has 0 aromatic heterocycles. The molecule has 1 aliphatic heterocycles. The van der Waals surface area contributed by atoms with Crippen molar-refractivity contribution >= 4 is 29.9 Å². The quantitative estimate of drug-likeness (QED) is 0.259. The van der Waals surface area contributed by atoms with Crippen LogP contribution in [0.5, 0.6) is 0 Å². The molecule has 23 heavy (non-hydrogen) atoms. The number of hydrogen-bond acceptors (Lipinski definition) is 3. The molecule has 1 saturated carbocycles. The van der Waals surface area contributed by atoms with Crippen LogP contribution in [0.25, 0.3) is 0 Å². The van der Waals surface area contributed by atoms with Gasteiger partial charge in [0.25, 0.3) is 6.43 Å². The van der Waals surface area contributed by atoms with E-state index in [1.165, 1.54) is 12.8 Å². The Bertz CT molecular complexity index is 348. The lowest BCUT2D eigenvalue weighted by atomic mass is 10.1. The number of halogens is 3. The highest BCUT2D eigenvalue weighted by molar-refractivity contribution is 14.0. The fourth-order valence-electron chi connectivity index (χ4n) is 2.62. The smallest absolute Gasteiger partial charge is 0.251 e. The lowest BCUT2D eigenvalue weighted by molar-refractivity contribution is 0.0744. The molecule has 8 heteroatoms. The van der Waals surface area contributed by atoms with E-state index < -0.39 is 6.43 Å². The fourth-order valence-corrected chi connectivity index (χ4v) is 2.62. The minimum Gasteiger partial charge on any atom is -0.379 e. The van der Waals surface area contributed by atoms with E-state index in [2.05, 4.69) is 15.6 Å². The Morgan fingerprint density at radius 3 is 2.52 bits per heavy atom. The van der Waals surface area contributed by atoms with E-state index in [1.54, 1.807) is 7.05 Å². The van der Waals surface area contributed by atoms with Gasteiger partial charge >= 0.3 is 0 Å². The second-order valence-corrected chi connectivity index (χ2v) is 6.13. The largest absolute Gasteiger partial charge is 0.379 e. The average molecular weight is 446 g/mol. The maximum absolute atomic E-state index is 12.3. The van der Waals surface area contributed by atoms with Gasteiger partial charge in [-0.25, -0.2) is 8.78 Å². The van der Waals surface area contributed by atoms with Crippen LogP contribution in [0.1, 0.15) is 25.7 Å². The van der Waals surface area contributed by atoms with Crippen LogP contribution in [0.4, 0.5) is 8.78 Å². The molecule has 1 saturated heterocycles. The summed E-state index contributed by atoms with van der Waals surface area (Å²) in [7, 11) is 1.74. The first-order chi connectivity index (χ1) is 10.7. The summed E-state index contributed by atoms with van der Waals surface area (Å²) in [5.41, 5.74) is 0. The number of likely N-dealkylation sites (tertiary alicyclic amines) is 1. The first-order valence-corrected chi connectivity index (χ1v) is 8.23. The number of nitrogens with one attached hydrogen (secondary N) is 2. The van der Waals surface area contributed by atoms with Crippen LogP contribution in [0, 0.1) is 5.92 Å². The van der Waals surface area contributed by atoms with Gasteiger partial charge in [-0.3, -0.25) is 9.89 Å². The van der Waals surface area contributed by atoms with Crippen molar-refractivity contribution < 1.29 is 13.5 Å². The van der Waals surface area contributed by atoms with Crippen molar-refractivity contribution in [2.75, 3.05) is 46.4 Å². The molecule has 0 bridgehead atoms. The van der Waals surface area contributed by atoms with E-state index in [-0.39, 0.29) is 30.5 Å².